The molecule has 106 valence electrons. The van der Waals surface area contributed by atoms with E-state index in [4.69, 9.17) is 16.3 Å². The largest absolute Gasteiger partial charge is 0.378 e. The van der Waals surface area contributed by atoms with E-state index in [0.717, 1.165) is 41.1 Å². The van der Waals surface area contributed by atoms with Gasteiger partial charge in [-0.3, -0.25) is 0 Å². The first-order valence-corrected chi connectivity index (χ1v) is 8.08. The van der Waals surface area contributed by atoms with Crippen LogP contribution in [0.3, 0.4) is 0 Å². The highest BCUT2D eigenvalue weighted by atomic mass is 79.9. The van der Waals surface area contributed by atoms with Gasteiger partial charge in [0.05, 0.1) is 6.10 Å². The quantitative estimate of drug-likeness (QED) is 0.843. The molecule has 4 heteroatoms. The summed E-state index contributed by atoms with van der Waals surface area (Å²) in [6.07, 6.45) is 2.67. The van der Waals surface area contributed by atoms with Gasteiger partial charge in [0.1, 0.15) is 0 Å². The van der Waals surface area contributed by atoms with Crippen LogP contribution in [-0.4, -0.2) is 19.3 Å². The molecule has 2 rings (SSSR count). The van der Waals surface area contributed by atoms with Gasteiger partial charge in [0.25, 0.3) is 0 Å². The summed E-state index contributed by atoms with van der Waals surface area (Å²) in [6.45, 7) is 6.24. The van der Waals surface area contributed by atoms with Crippen LogP contribution < -0.4 is 5.32 Å². The summed E-state index contributed by atoms with van der Waals surface area (Å²) in [4.78, 5) is 0. The standard InChI is InChI=1S/C15H21BrClNO/c1-3-15-11(6-7-19-15)9-18-10(2)13-5-4-12(16)8-14(13)17/h4-5,8,10-11,15,18H,3,6-7,9H2,1-2H3. The molecular formula is C15H21BrClNO. The van der Waals surface area contributed by atoms with Gasteiger partial charge < -0.3 is 10.1 Å². The molecule has 1 saturated heterocycles. The van der Waals surface area contributed by atoms with Crippen molar-refractivity contribution in [3.05, 3.63) is 33.3 Å². The summed E-state index contributed by atoms with van der Waals surface area (Å²) in [6, 6.07) is 6.32. The average Bonchev–Trinajstić information content (AvgIpc) is 2.83. The zero-order valence-electron chi connectivity index (χ0n) is 11.5. The van der Waals surface area contributed by atoms with Gasteiger partial charge in [0, 0.05) is 28.7 Å². The van der Waals surface area contributed by atoms with Crippen molar-refractivity contribution in [1.29, 1.82) is 0 Å². The van der Waals surface area contributed by atoms with Crippen molar-refractivity contribution in [2.24, 2.45) is 5.92 Å². The lowest BCUT2D eigenvalue weighted by Gasteiger charge is -2.21. The molecule has 0 aliphatic carbocycles. The molecule has 0 spiro atoms. The smallest absolute Gasteiger partial charge is 0.0613 e. The molecule has 1 heterocycles. The summed E-state index contributed by atoms with van der Waals surface area (Å²) >= 11 is 9.72. The Bertz CT molecular complexity index is 427. The molecule has 1 aromatic rings. The van der Waals surface area contributed by atoms with Crippen molar-refractivity contribution in [2.75, 3.05) is 13.2 Å². The molecule has 1 aliphatic heterocycles. The molecule has 0 radical (unpaired) electrons. The van der Waals surface area contributed by atoms with Crippen molar-refractivity contribution >= 4 is 27.5 Å². The highest BCUT2D eigenvalue weighted by molar-refractivity contribution is 9.10. The zero-order valence-corrected chi connectivity index (χ0v) is 13.8. The molecule has 0 aromatic heterocycles. The highest BCUT2D eigenvalue weighted by Crippen LogP contribution is 2.28. The van der Waals surface area contributed by atoms with E-state index in [1.165, 1.54) is 0 Å². The highest BCUT2D eigenvalue weighted by Gasteiger charge is 2.26. The molecule has 2 nitrogen and oxygen atoms in total. The van der Waals surface area contributed by atoms with E-state index < -0.39 is 0 Å². The molecule has 1 N–H and O–H groups in total. The molecule has 0 amide bonds. The summed E-state index contributed by atoms with van der Waals surface area (Å²) in [5, 5.41) is 4.40. The lowest BCUT2D eigenvalue weighted by molar-refractivity contribution is 0.0867. The third-order valence-electron chi connectivity index (χ3n) is 3.86. The first kappa shape index (κ1) is 15.3. The van der Waals surface area contributed by atoms with Crippen molar-refractivity contribution in [3.63, 3.8) is 0 Å². The summed E-state index contributed by atoms with van der Waals surface area (Å²) in [5.41, 5.74) is 1.15. The fourth-order valence-corrected chi connectivity index (χ4v) is 3.51. The number of ether oxygens (including phenoxy) is 1. The van der Waals surface area contributed by atoms with E-state index >= 15 is 0 Å². The number of halogens is 2. The van der Waals surface area contributed by atoms with Gasteiger partial charge >= 0.3 is 0 Å². The molecule has 1 aromatic carbocycles. The Balaban J connectivity index is 1.92. The van der Waals surface area contributed by atoms with Crippen molar-refractivity contribution < 1.29 is 4.74 Å². The first-order valence-electron chi connectivity index (χ1n) is 6.91. The zero-order chi connectivity index (χ0) is 13.8. The van der Waals surface area contributed by atoms with Crippen LogP contribution >= 0.6 is 27.5 Å². The topological polar surface area (TPSA) is 21.3 Å². The van der Waals surface area contributed by atoms with E-state index in [9.17, 15) is 0 Å². The fourth-order valence-electron chi connectivity index (χ4n) is 2.67. The second-order valence-corrected chi connectivity index (χ2v) is 6.48. The number of benzene rings is 1. The fraction of sp³-hybridized carbons (Fsp3) is 0.600. The van der Waals surface area contributed by atoms with Gasteiger partial charge in [-0.05, 0) is 43.4 Å². The Morgan fingerprint density at radius 1 is 1.53 bits per heavy atom. The van der Waals surface area contributed by atoms with Crippen LogP contribution in [0.1, 0.15) is 38.3 Å². The second-order valence-electron chi connectivity index (χ2n) is 5.16. The van der Waals surface area contributed by atoms with Crippen molar-refractivity contribution in [1.82, 2.24) is 5.32 Å². The van der Waals surface area contributed by atoms with E-state index in [-0.39, 0.29) is 6.04 Å². The minimum absolute atomic E-state index is 0.263. The van der Waals surface area contributed by atoms with Crippen LogP contribution in [0, 0.1) is 5.92 Å². The Hall–Kier alpha value is -0.0900. The number of hydrogen-bond donors (Lipinski definition) is 1. The Labute approximate surface area is 129 Å². The van der Waals surface area contributed by atoms with E-state index in [2.05, 4.69) is 41.2 Å². The van der Waals surface area contributed by atoms with Crippen LogP contribution in [0.2, 0.25) is 5.02 Å². The maximum atomic E-state index is 6.28. The van der Waals surface area contributed by atoms with Crippen LogP contribution in [0.25, 0.3) is 0 Å². The minimum Gasteiger partial charge on any atom is -0.378 e. The molecule has 1 aliphatic rings. The Morgan fingerprint density at radius 2 is 2.32 bits per heavy atom. The lowest BCUT2D eigenvalue weighted by atomic mass is 9.98. The minimum atomic E-state index is 0.263. The molecule has 3 atom stereocenters. The van der Waals surface area contributed by atoms with E-state index in [1.807, 2.05) is 12.1 Å². The number of nitrogens with one attached hydrogen (secondary N) is 1. The normalized spacial score (nSPS) is 24.6. The summed E-state index contributed by atoms with van der Waals surface area (Å²) in [7, 11) is 0. The molecular weight excluding hydrogens is 326 g/mol. The SMILES string of the molecule is CCC1OCCC1CNC(C)c1ccc(Br)cc1Cl. The van der Waals surface area contributed by atoms with Crippen LogP contribution in [0.5, 0.6) is 0 Å². The maximum absolute atomic E-state index is 6.28. The predicted octanol–water partition coefficient (Wildman–Crippen LogP) is 4.57. The van der Waals surface area contributed by atoms with Gasteiger partial charge in [-0.2, -0.15) is 0 Å². The predicted molar refractivity (Wildman–Crippen MR) is 83.7 cm³/mol. The third-order valence-corrected chi connectivity index (χ3v) is 4.68. The molecule has 0 saturated carbocycles. The van der Waals surface area contributed by atoms with Crippen LogP contribution in [0.15, 0.2) is 22.7 Å². The lowest BCUT2D eigenvalue weighted by Crippen LogP contribution is -2.30. The molecule has 1 fully saturated rings. The Morgan fingerprint density at radius 3 is 3.00 bits per heavy atom. The van der Waals surface area contributed by atoms with Gasteiger partial charge in [-0.1, -0.05) is 40.5 Å². The molecule has 0 bridgehead atoms. The van der Waals surface area contributed by atoms with Crippen LogP contribution in [0.4, 0.5) is 0 Å². The second kappa shape index (κ2) is 7.07. The first-order chi connectivity index (χ1) is 9.11. The molecule has 3 unspecified atom stereocenters. The van der Waals surface area contributed by atoms with E-state index in [1.54, 1.807) is 0 Å². The monoisotopic (exact) mass is 345 g/mol. The van der Waals surface area contributed by atoms with Crippen LogP contribution in [-0.2, 0) is 4.74 Å². The Kier molecular flexibility index (Phi) is 5.70. The maximum Gasteiger partial charge on any atom is 0.0613 e. The van der Waals surface area contributed by atoms with E-state index in [0.29, 0.717) is 12.0 Å². The van der Waals surface area contributed by atoms with Gasteiger partial charge in [-0.25, -0.2) is 0 Å². The van der Waals surface area contributed by atoms with Gasteiger partial charge in [0.15, 0.2) is 0 Å². The molecule has 19 heavy (non-hydrogen) atoms. The average molecular weight is 347 g/mol. The number of hydrogen-bond acceptors (Lipinski definition) is 2. The summed E-state index contributed by atoms with van der Waals surface area (Å²) in [5.74, 6) is 0.627. The van der Waals surface area contributed by atoms with Gasteiger partial charge in [-0.15, -0.1) is 0 Å². The number of rotatable bonds is 5. The van der Waals surface area contributed by atoms with Crippen molar-refractivity contribution in [2.45, 2.75) is 38.8 Å². The van der Waals surface area contributed by atoms with Gasteiger partial charge in [0.2, 0.25) is 0 Å². The third kappa shape index (κ3) is 3.94. The van der Waals surface area contributed by atoms with Crippen molar-refractivity contribution in [3.8, 4) is 0 Å². The summed E-state index contributed by atoms with van der Waals surface area (Å²) < 4.78 is 6.74.